The van der Waals surface area contributed by atoms with E-state index < -0.39 is 0 Å². The number of hydrogen-bond acceptors (Lipinski definition) is 6. The Morgan fingerprint density at radius 2 is 1.89 bits per heavy atom. The van der Waals surface area contributed by atoms with Crippen LogP contribution in [0.2, 0.25) is 5.02 Å². The summed E-state index contributed by atoms with van der Waals surface area (Å²) >= 11 is 6.44. The molecule has 2 aromatic heterocycles. The number of tetrazole rings is 1. The van der Waals surface area contributed by atoms with Crippen LogP contribution in [0.15, 0.2) is 65.5 Å². The van der Waals surface area contributed by atoms with Gasteiger partial charge >= 0.3 is 0 Å². The van der Waals surface area contributed by atoms with Gasteiger partial charge in [-0.15, -0.1) is 10.2 Å². The van der Waals surface area contributed by atoms with Gasteiger partial charge in [-0.3, -0.25) is 9.36 Å². The van der Waals surface area contributed by atoms with Crippen molar-refractivity contribution in [3.63, 3.8) is 0 Å². The number of rotatable bonds is 9. The summed E-state index contributed by atoms with van der Waals surface area (Å²) in [6.07, 6.45) is 2.79. The summed E-state index contributed by atoms with van der Waals surface area (Å²) in [5.74, 6) is 2.02. The number of fused-ring (bicyclic) bond motifs is 1. The predicted molar refractivity (Wildman–Crippen MR) is 144 cm³/mol. The van der Waals surface area contributed by atoms with Gasteiger partial charge in [0.15, 0.2) is 0 Å². The van der Waals surface area contributed by atoms with Crippen LogP contribution in [0.3, 0.4) is 0 Å². The highest BCUT2D eigenvalue weighted by Crippen LogP contribution is 2.25. The van der Waals surface area contributed by atoms with Crippen LogP contribution in [0, 0.1) is 6.92 Å². The van der Waals surface area contributed by atoms with E-state index in [4.69, 9.17) is 21.3 Å². The maximum atomic E-state index is 13.4. The number of ether oxygens (including phenoxy) is 1. The van der Waals surface area contributed by atoms with E-state index in [1.54, 1.807) is 10.6 Å². The number of unbranched alkanes of at least 4 members (excludes halogenated alkanes) is 1. The van der Waals surface area contributed by atoms with E-state index in [0.29, 0.717) is 35.1 Å². The number of halogens is 1. The minimum Gasteiger partial charge on any atom is -0.489 e. The Morgan fingerprint density at radius 1 is 1.05 bits per heavy atom. The SMILES string of the molecule is CCCCc1nc2ccc(C)cc2c(=O)n1Cc1ccc(OCc2ccc(-c3nn[nH]n3)cc2Cl)cc1. The van der Waals surface area contributed by atoms with Gasteiger partial charge in [0.05, 0.1) is 17.4 Å². The Hall–Kier alpha value is -4.04. The molecule has 0 radical (unpaired) electrons. The molecule has 0 atom stereocenters. The molecule has 37 heavy (non-hydrogen) atoms. The average Bonchev–Trinajstić information content (AvgIpc) is 3.45. The molecular weight excluding hydrogens is 488 g/mol. The third-order valence-electron chi connectivity index (χ3n) is 6.26. The molecule has 0 bridgehead atoms. The first-order valence-electron chi connectivity index (χ1n) is 12.3. The van der Waals surface area contributed by atoms with Gasteiger partial charge in [0, 0.05) is 22.6 Å². The van der Waals surface area contributed by atoms with Crippen LogP contribution in [0.1, 0.15) is 42.3 Å². The van der Waals surface area contributed by atoms with Crippen molar-refractivity contribution >= 4 is 22.5 Å². The van der Waals surface area contributed by atoms with Gasteiger partial charge in [0.25, 0.3) is 5.56 Å². The zero-order valence-corrected chi connectivity index (χ0v) is 21.5. The van der Waals surface area contributed by atoms with Gasteiger partial charge in [0.2, 0.25) is 5.82 Å². The Bertz CT molecular complexity index is 1580. The first kappa shape index (κ1) is 24.6. The van der Waals surface area contributed by atoms with Crippen LogP contribution in [0.25, 0.3) is 22.3 Å². The van der Waals surface area contributed by atoms with E-state index in [9.17, 15) is 4.79 Å². The summed E-state index contributed by atoms with van der Waals surface area (Å²) in [4.78, 5) is 18.2. The highest BCUT2D eigenvalue weighted by Gasteiger charge is 2.12. The highest BCUT2D eigenvalue weighted by molar-refractivity contribution is 6.31. The number of nitrogens with zero attached hydrogens (tertiary/aromatic N) is 5. The van der Waals surface area contributed by atoms with Crippen molar-refractivity contribution in [3.8, 4) is 17.1 Å². The molecule has 0 spiro atoms. The molecule has 188 valence electrons. The molecule has 0 saturated carbocycles. The van der Waals surface area contributed by atoms with E-state index in [1.807, 2.05) is 61.5 Å². The Labute approximate surface area is 219 Å². The fourth-order valence-corrected chi connectivity index (χ4v) is 4.43. The molecule has 0 saturated heterocycles. The molecule has 9 heteroatoms. The minimum atomic E-state index is -0.000890. The molecular formula is C28H27ClN6O2. The number of aromatic nitrogens is 6. The van der Waals surface area contributed by atoms with Crippen molar-refractivity contribution in [2.75, 3.05) is 0 Å². The van der Waals surface area contributed by atoms with Gasteiger partial charge in [-0.25, -0.2) is 4.98 Å². The van der Waals surface area contributed by atoms with E-state index in [0.717, 1.165) is 52.9 Å². The molecule has 5 rings (SSSR count). The van der Waals surface area contributed by atoms with E-state index in [2.05, 4.69) is 27.5 Å². The monoisotopic (exact) mass is 514 g/mol. The molecule has 0 aliphatic carbocycles. The second kappa shape index (κ2) is 10.9. The Morgan fingerprint density at radius 3 is 2.62 bits per heavy atom. The van der Waals surface area contributed by atoms with Crippen LogP contribution in [0.5, 0.6) is 5.75 Å². The first-order chi connectivity index (χ1) is 18.0. The van der Waals surface area contributed by atoms with Crippen LogP contribution < -0.4 is 10.3 Å². The summed E-state index contributed by atoms with van der Waals surface area (Å²) in [6, 6.07) is 19.2. The summed E-state index contributed by atoms with van der Waals surface area (Å²) in [7, 11) is 0. The van der Waals surface area contributed by atoms with Crippen molar-refractivity contribution in [1.29, 1.82) is 0 Å². The molecule has 3 aromatic carbocycles. The quantitative estimate of drug-likeness (QED) is 0.278. The molecule has 0 fully saturated rings. The smallest absolute Gasteiger partial charge is 0.261 e. The first-order valence-corrected chi connectivity index (χ1v) is 12.6. The van der Waals surface area contributed by atoms with Gasteiger partial charge in [0.1, 0.15) is 18.2 Å². The third-order valence-corrected chi connectivity index (χ3v) is 6.61. The Kier molecular flexibility index (Phi) is 7.28. The maximum Gasteiger partial charge on any atom is 0.261 e. The molecule has 0 aliphatic rings. The lowest BCUT2D eigenvalue weighted by atomic mass is 10.1. The van der Waals surface area contributed by atoms with Crippen molar-refractivity contribution in [2.45, 2.75) is 46.3 Å². The fraction of sp³-hybridized carbons (Fsp3) is 0.250. The zero-order chi connectivity index (χ0) is 25.8. The van der Waals surface area contributed by atoms with Gasteiger partial charge < -0.3 is 4.74 Å². The number of H-pyrrole nitrogens is 1. The number of hydrogen-bond donors (Lipinski definition) is 1. The number of nitrogens with one attached hydrogen (secondary N) is 1. The zero-order valence-electron chi connectivity index (χ0n) is 20.7. The highest BCUT2D eigenvalue weighted by atomic mass is 35.5. The molecule has 2 heterocycles. The molecule has 1 N–H and O–H groups in total. The standard InChI is InChI=1S/C28H27ClN6O2/c1-3-4-5-26-30-25-13-6-18(2)14-23(25)28(36)35(26)16-19-7-11-22(12-8-19)37-17-21-10-9-20(15-24(21)29)27-31-33-34-32-27/h6-15H,3-5,16-17H2,1-2H3,(H,31,32,33,34). The van der Waals surface area contributed by atoms with Crippen molar-refractivity contribution in [2.24, 2.45) is 0 Å². The number of aryl methyl sites for hydroxylation is 2. The van der Waals surface area contributed by atoms with Crippen molar-refractivity contribution in [1.82, 2.24) is 30.2 Å². The summed E-state index contributed by atoms with van der Waals surface area (Å²) < 4.78 is 7.77. The second-order valence-electron chi connectivity index (χ2n) is 9.02. The van der Waals surface area contributed by atoms with E-state index in [-0.39, 0.29) is 5.56 Å². The average molecular weight is 515 g/mol. The molecule has 8 nitrogen and oxygen atoms in total. The summed E-state index contributed by atoms with van der Waals surface area (Å²) in [6.45, 7) is 4.90. The molecule has 5 aromatic rings. The van der Waals surface area contributed by atoms with Gasteiger partial charge in [-0.2, -0.15) is 5.21 Å². The lowest BCUT2D eigenvalue weighted by molar-refractivity contribution is 0.306. The topological polar surface area (TPSA) is 98.6 Å². The number of aromatic amines is 1. The van der Waals surface area contributed by atoms with Crippen LogP contribution >= 0.6 is 11.6 Å². The molecule has 0 aliphatic heterocycles. The minimum absolute atomic E-state index is 0.000890. The largest absolute Gasteiger partial charge is 0.489 e. The van der Waals surface area contributed by atoms with E-state index in [1.165, 1.54) is 0 Å². The predicted octanol–water partition coefficient (Wildman–Crippen LogP) is 5.51. The third kappa shape index (κ3) is 5.54. The lowest BCUT2D eigenvalue weighted by Gasteiger charge is -2.14. The van der Waals surface area contributed by atoms with Gasteiger partial charge in [-0.05, 0) is 54.5 Å². The lowest BCUT2D eigenvalue weighted by Crippen LogP contribution is -2.26. The Balaban J connectivity index is 1.32. The molecule has 0 amide bonds. The summed E-state index contributed by atoms with van der Waals surface area (Å²) in [5.41, 5.74) is 4.43. The second-order valence-corrected chi connectivity index (χ2v) is 9.42. The normalized spacial score (nSPS) is 11.2. The maximum absolute atomic E-state index is 13.4. The van der Waals surface area contributed by atoms with Crippen molar-refractivity contribution < 1.29 is 4.74 Å². The van der Waals surface area contributed by atoms with Gasteiger partial charge in [-0.1, -0.05) is 60.8 Å². The van der Waals surface area contributed by atoms with Crippen LogP contribution in [0.4, 0.5) is 0 Å². The summed E-state index contributed by atoms with van der Waals surface area (Å²) in [5, 5.41) is 15.2. The number of benzene rings is 3. The van der Waals surface area contributed by atoms with Crippen LogP contribution in [-0.2, 0) is 19.6 Å². The van der Waals surface area contributed by atoms with E-state index >= 15 is 0 Å². The van der Waals surface area contributed by atoms with Crippen molar-refractivity contribution in [3.05, 3.63) is 98.6 Å². The molecule has 0 unspecified atom stereocenters. The fourth-order valence-electron chi connectivity index (χ4n) is 4.19. The van der Waals surface area contributed by atoms with Crippen LogP contribution in [-0.4, -0.2) is 30.2 Å².